The number of urea groups is 1. The van der Waals surface area contributed by atoms with Crippen molar-refractivity contribution in [1.29, 1.82) is 0 Å². The Morgan fingerprint density at radius 1 is 1.10 bits per heavy atom. The first-order chi connectivity index (χ1) is 14.3. The number of fused-ring (bicyclic) bond motifs is 2. The molecule has 4 rings (SSSR count). The molecule has 0 radical (unpaired) electrons. The van der Waals surface area contributed by atoms with E-state index >= 15 is 0 Å². The number of para-hydroxylation sites is 1. The lowest BCUT2D eigenvalue weighted by Crippen LogP contribution is -2.48. The highest BCUT2D eigenvalue weighted by Gasteiger charge is 2.47. The van der Waals surface area contributed by atoms with E-state index in [2.05, 4.69) is 5.32 Å². The van der Waals surface area contributed by atoms with E-state index < -0.39 is 10.0 Å². The van der Waals surface area contributed by atoms with Gasteiger partial charge in [0.2, 0.25) is 10.0 Å². The topological polar surface area (TPSA) is 90.0 Å². The van der Waals surface area contributed by atoms with E-state index in [1.165, 1.54) is 10.6 Å². The molecule has 30 heavy (non-hydrogen) atoms. The number of hydrogen-bond acceptors (Lipinski definition) is 4. The minimum atomic E-state index is -3.34. The summed E-state index contributed by atoms with van der Waals surface area (Å²) in [4.78, 5) is 14.5. The minimum Gasteiger partial charge on any atom is -0.396 e. The molecule has 7 nitrogen and oxygen atoms in total. The Hall–Kier alpha value is -2.58. The number of rotatable bonds is 4. The summed E-state index contributed by atoms with van der Waals surface area (Å²) in [5, 5.41) is 11.9. The molecule has 1 spiro atoms. The van der Waals surface area contributed by atoms with E-state index in [0.29, 0.717) is 26.1 Å². The summed E-state index contributed by atoms with van der Waals surface area (Å²) in [6.07, 6.45) is 3.28. The second kappa shape index (κ2) is 7.92. The van der Waals surface area contributed by atoms with Crippen LogP contribution in [-0.4, -0.2) is 57.0 Å². The van der Waals surface area contributed by atoms with Crippen molar-refractivity contribution in [1.82, 2.24) is 4.90 Å². The average molecular weight is 430 g/mol. The van der Waals surface area contributed by atoms with Gasteiger partial charge in [0.1, 0.15) is 0 Å². The Kier molecular flexibility index (Phi) is 5.46. The number of nitrogens with one attached hydrogen (secondary N) is 1. The zero-order chi connectivity index (χ0) is 21.4. The molecule has 8 heteroatoms. The second-order valence-corrected chi connectivity index (χ2v) is 10.1. The van der Waals surface area contributed by atoms with Crippen LogP contribution in [0.5, 0.6) is 0 Å². The molecular weight excluding hydrogens is 402 g/mol. The van der Waals surface area contributed by atoms with E-state index in [1.54, 1.807) is 4.90 Å². The molecule has 2 aliphatic heterocycles. The van der Waals surface area contributed by atoms with Crippen molar-refractivity contribution in [3.05, 3.63) is 59.7 Å². The third-order valence-electron chi connectivity index (χ3n) is 6.20. The van der Waals surface area contributed by atoms with E-state index in [9.17, 15) is 13.2 Å². The van der Waals surface area contributed by atoms with Crippen LogP contribution in [0.1, 0.15) is 24.0 Å². The van der Waals surface area contributed by atoms with Gasteiger partial charge in [-0.2, -0.15) is 0 Å². The number of benzene rings is 2. The van der Waals surface area contributed by atoms with Crippen LogP contribution in [-0.2, 0) is 21.9 Å². The van der Waals surface area contributed by atoms with E-state index in [-0.39, 0.29) is 18.1 Å². The molecule has 1 saturated heterocycles. The normalized spacial score (nSPS) is 17.8. The lowest BCUT2D eigenvalue weighted by atomic mass is 9.74. The van der Waals surface area contributed by atoms with Gasteiger partial charge in [0.15, 0.2) is 0 Å². The van der Waals surface area contributed by atoms with Crippen LogP contribution < -0.4 is 9.62 Å². The van der Waals surface area contributed by atoms with Crippen molar-refractivity contribution in [2.45, 2.75) is 24.7 Å². The predicted molar refractivity (Wildman–Crippen MR) is 117 cm³/mol. The molecule has 0 aliphatic carbocycles. The monoisotopic (exact) mass is 429 g/mol. The summed E-state index contributed by atoms with van der Waals surface area (Å²) in [7, 11) is -3.34. The number of nitrogens with zero attached hydrogens (tertiary/aromatic N) is 2. The molecular formula is C22H27N3O4S. The van der Waals surface area contributed by atoms with Crippen LogP contribution in [0.3, 0.4) is 0 Å². The van der Waals surface area contributed by atoms with Gasteiger partial charge in [0.25, 0.3) is 0 Å². The minimum absolute atomic E-state index is 0.0983. The summed E-state index contributed by atoms with van der Waals surface area (Å²) >= 11 is 0. The Morgan fingerprint density at radius 2 is 1.77 bits per heavy atom. The Bertz CT molecular complexity index is 1030. The number of sulfonamides is 1. The number of amides is 2. The molecule has 0 saturated carbocycles. The smallest absolute Gasteiger partial charge is 0.321 e. The van der Waals surface area contributed by atoms with Crippen molar-refractivity contribution < 1.29 is 18.3 Å². The van der Waals surface area contributed by atoms with Crippen molar-refractivity contribution in [2.75, 3.05) is 42.1 Å². The summed E-state index contributed by atoms with van der Waals surface area (Å²) in [5.41, 5.74) is 3.32. The summed E-state index contributed by atoms with van der Waals surface area (Å²) in [6.45, 7) is 1.68. The molecule has 0 aromatic heterocycles. The fourth-order valence-electron chi connectivity index (χ4n) is 4.53. The molecule has 2 heterocycles. The quantitative estimate of drug-likeness (QED) is 0.782. The van der Waals surface area contributed by atoms with Gasteiger partial charge in [-0.25, -0.2) is 13.2 Å². The van der Waals surface area contributed by atoms with Crippen LogP contribution in [0.4, 0.5) is 16.2 Å². The first-order valence-electron chi connectivity index (χ1n) is 10.2. The molecule has 2 amide bonds. The van der Waals surface area contributed by atoms with Gasteiger partial charge in [0, 0.05) is 37.3 Å². The molecule has 2 N–H and O–H groups in total. The highest BCUT2D eigenvalue weighted by Crippen LogP contribution is 2.47. The van der Waals surface area contributed by atoms with Crippen molar-refractivity contribution >= 4 is 27.4 Å². The fourth-order valence-corrected chi connectivity index (χ4v) is 5.53. The van der Waals surface area contributed by atoms with Crippen LogP contribution in [0.2, 0.25) is 0 Å². The van der Waals surface area contributed by atoms with Gasteiger partial charge >= 0.3 is 6.03 Å². The standard InChI is InChI=1S/C22H27N3O4S/c1-30(28,29)25-16-22(19-4-2-3-5-20(19)25)11-13-24(14-12-22)21(27)23-18-8-6-17(7-9-18)10-15-26/h2-9,26H,10-16H2,1H3,(H,23,27). The van der Waals surface area contributed by atoms with Crippen LogP contribution in [0, 0.1) is 0 Å². The number of hydrogen-bond donors (Lipinski definition) is 2. The molecule has 0 bridgehead atoms. The Balaban J connectivity index is 1.44. The van der Waals surface area contributed by atoms with E-state index in [1.807, 2.05) is 48.5 Å². The van der Waals surface area contributed by atoms with Gasteiger partial charge < -0.3 is 15.3 Å². The first kappa shape index (κ1) is 20.7. The van der Waals surface area contributed by atoms with Gasteiger partial charge in [0.05, 0.1) is 11.9 Å². The Labute approximate surface area is 177 Å². The molecule has 1 fully saturated rings. The van der Waals surface area contributed by atoms with Crippen molar-refractivity contribution in [2.24, 2.45) is 0 Å². The third kappa shape index (κ3) is 3.89. The number of piperidine rings is 1. The molecule has 2 aromatic carbocycles. The van der Waals surface area contributed by atoms with Crippen LogP contribution in [0.15, 0.2) is 48.5 Å². The van der Waals surface area contributed by atoms with Gasteiger partial charge in [-0.3, -0.25) is 4.31 Å². The number of carbonyl (C=O) groups is 1. The Morgan fingerprint density at radius 3 is 2.40 bits per heavy atom. The number of aliphatic hydroxyl groups is 1. The van der Waals surface area contributed by atoms with Gasteiger partial charge in [-0.05, 0) is 48.6 Å². The zero-order valence-electron chi connectivity index (χ0n) is 17.0. The van der Waals surface area contributed by atoms with Crippen molar-refractivity contribution in [3.63, 3.8) is 0 Å². The third-order valence-corrected chi connectivity index (χ3v) is 7.33. The van der Waals surface area contributed by atoms with E-state index in [0.717, 1.165) is 35.3 Å². The molecule has 160 valence electrons. The number of aliphatic hydroxyl groups excluding tert-OH is 1. The highest BCUT2D eigenvalue weighted by atomic mass is 32.2. The lowest BCUT2D eigenvalue weighted by molar-refractivity contribution is 0.173. The summed E-state index contributed by atoms with van der Waals surface area (Å²) in [6, 6.07) is 15.0. The lowest BCUT2D eigenvalue weighted by Gasteiger charge is -2.39. The largest absolute Gasteiger partial charge is 0.396 e. The second-order valence-electron chi connectivity index (χ2n) is 8.15. The van der Waals surface area contributed by atoms with Gasteiger partial charge in [-0.1, -0.05) is 30.3 Å². The van der Waals surface area contributed by atoms with Crippen LogP contribution in [0.25, 0.3) is 0 Å². The van der Waals surface area contributed by atoms with Crippen molar-refractivity contribution in [3.8, 4) is 0 Å². The fraction of sp³-hybridized carbons (Fsp3) is 0.409. The molecule has 2 aromatic rings. The number of carbonyl (C=O) groups excluding carboxylic acids is 1. The highest BCUT2D eigenvalue weighted by molar-refractivity contribution is 7.92. The zero-order valence-corrected chi connectivity index (χ0v) is 17.9. The molecule has 0 atom stereocenters. The average Bonchev–Trinajstić information content (AvgIpc) is 3.05. The number of likely N-dealkylation sites (tertiary alicyclic amines) is 1. The maximum absolute atomic E-state index is 12.7. The summed E-state index contributed by atoms with van der Waals surface area (Å²) < 4.78 is 26.1. The molecule has 2 aliphatic rings. The summed E-state index contributed by atoms with van der Waals surface area (Å²) in [5.74, 6) is 0. The maximum atomic E-state index is 12.7. The van der Waals surface area contributed by atoms with Crippen LogP contribution >= 0.6 is 0 Å². The van der Waals surface area contributed by atoms with E-state index in [4.69, 9.17) is 5.11 Å². The maximum Gasteiger partial charge on any atom is 0.321 e. The molecule has 0 unspecified atom stereocenters. The van der Waals surface area contributed by atoms with Gasteiger partial charge in [-0.15, -0.1) is 0 Å². The predicted octanol–water partition coefficient (Wildman–Crippen LogP) is 2.57. The first-order valence-corrected chi connectivity index (χ1v) is 12.0. The number of anilines is 2. The SMILES string of the molecule is CS(=O)(=O)N1CC2(CCN(C(=O)Nc3ccc(CCO)cc3)CC2)c2ccccc21.